The van der Waals surface area contributed by atoms with E-state index in [4.69, 9.17) is 0 Å². The van der Waals surface area contributed by atoms with Crippen molar-refractivity contribution in [1.29, 1.82) is 0 Å². The lowest BCUT2D eigenvalue weighted by Gasteiger charge is -2.24. The molecule has 0 radical (unpaired) electrons. The van der Waals surface area contributed by atoms with E-state index < -0.39 is 6.04 Å². The average molecular weight is 354 g/mol. The first-order valence-corrected chi connectivity index (χ1v) is 9.58. The Morgan fingerprint density at radius 2 is 1.76 bits per heavy atom. The molecule has 0 bridgehead atoms. The van der Waals surface area contributed by atoms with E-state index in [2.05, 4.69) is 24.4 Å². The molecule has 2 atom stereocenters. The van der Waals surface area contributed by atoms with Crippen LogP contribution in [0.25, 0.3) is 0 Å². The van der Waals surface area contributed by atoms with Gasteiger partial charge in [0.2, 0.25) is 5.91 Å². The summed E-state index contributed by atoms with van der Waals surface area (Å²) in [5, 5.41) is 3.01. The third-order valence-electron chi connectivity index (χ3n) is 4.42. The quantitative estimate of drug-likeness (QED) is 0.897. The number of benzene rings is 2. The van der Waals surface area contributed by atoms with Gasteiger partial charge in [0.25, 0.3) is 5.91 Å². The number of hydrogen-bond donors (Lipinski definition) is 1. The van der Waals surface area contributed by atoms with E-state index in [0.717, 1.165) is 0 Å². The highest BCUT2D eigenvalue weighted by Gasteiger charge is 2.35. The summed E-state index contributed by atoms with van der Waals surface area (Å²) in [6, 6.07) is 18.8. The molecule has 0 saturated carbocycles. The SMILES string of the molecule is CC(CNC(=O)C1CSCN1C(=O)c1ccccc1)c1ccccc1. The summed E-state index contributed by atoms with van der Waals surface area (Å²) in [5.74, 6) is 1.28. The van der Waals surface area contributed by atoms with E-state index >= 15 is 0 Å². The van der Waals surface area contributed by atoms with E-state index in [-0.39, 0.29) is 17.7 Å². The van der Waals surface area contributed by atoms with E-state index in [1.807, 2.05) is 36.4 Å². The second-order valence-corrected chi connectivity index (χ2v) is 7.21. The van der Waals surface area contributed by atoms with Gasteiger partial charge in [-0.15, -0.1) is 11.8 Å². The van der Waals surface area contributed by atoms with Gasteiger partial charge in [-0.25, -0.2) is 0 Å². The van der Waals surface area contributed by atoms with Crippen molar-refractivity contribution in [2.75, 3.05) is 18.2 Å². The van der Waals surface area contributed by atoms with Crippen LogP contribution in [0.4, 0.5) is 0 Å². The zero-order valence-corrected chi connectivity index (χ0v) is 15.0. The molecule has 2 aromatic carbocycles. The summed E-state index contributed by atoms with van der Waals surface area (Å²) >= 11 is 1.62. The second-order valence-electron chi connectivity index (χ2n) is 6.21. The van der Waals surface area contributed by atoms with E-state index in [1.165, 1.54) is 5.56 Å². The fourth-order valence-corrected chi connectivity index (χ4v) is 4.03. The maximum absolute atomic E-state index is 12.7. The number of nitrogens with one attached hydrogen (secondary N) is 1. The van der Waals surface area contributed by atoms with E-state index in [1.54, 1.807) is 28.8 Å². The number of nitrogens with zero attached hydrogens (tertiary/aromatic N) is 1. The highest BCUT2D eigenvalue weighted by molar-refractivity contribution is 7.99. The molecule has 0 aromatic heterocycles. The van der Waals surface area contributed by atoms with Crippen LogP contribution in [-0.4, -0.2) is 40.9 Å². The first kappa shape index (κ1) is 17.5. The van der Waals surface area contributed by atoms with Gasteiger partial charge in [-0.1, -0.05) is 55.5 Å². The Morgan fingerprint density at radius 3 is 2.44 bits per heavy atom. The van der Waals surface area contributed by atoms with Crippen LogP contribution in [0.1, 0.15) is 28.8 Å². The van der Waals surface area contributed by atoms with Gasteiger partial charge in [0.05, 0.1) is 5.88 Å². The molecule has 4 nitrogen and oxygen atoms in total. The standard InChI is InChI=1S/C20H22N2O2S/c1-15(16-8-4-2-5-9-16)12-21-19(23)18-13-25-14-22(18)20(24)17-10-6-3-7-11-17/h2-11,15,18H,12-14H2,1H3,(H,21,23). The Balaban J connectivity index is 1.60. The third-order valence-corrected chi connectivity index (χ3v) is 5.43. The van der Waals surface area contributed by atoms with Gasteiger partial charge in [0.1, 0.15) is 6.04 Å². The Bertz CT molecular complexity index is 721. The molecule has 1 heterocycles. The molecule has 0 aliphatic carbocycles. The van der Waals surface area contributed by atoms with Crippen molar-refractivity contribution in [2.24, 2.45) is 0 Å². The minimum Gasteiger partial charge on any atom is -0.354 e. The van der Waals surface area contributed by atoms with Gasteiger partial charge in [-0.05, 0) is 23.6 Å². The predicted molar refractivity (Wildman–Crippen MR) is 102 cm³/mol. The zero-order chi connectivity index (χ0) is 17.6. The van der Waals surface area contributed by atoms with Crippen LogP contribution in [0.3, 0.4) is 0 Å². The molecule has 1 saturated heterocycles. The lowest BCUT2D eigenvalue weighted by Crippen LogP contribution is -2.47. The van der Waals surface area contributed by atoms with Crippen LogP contribution in [0.5, 0.6) is 0 Å². The molecule has 2 unspecified atom stereocenters. The first-order chi connectivity index (χ1) is 12.2. The monoisotopic (exact) mass is 354 g/mol. The number of amides is 2. The minimum absolute atomic E-state index is 0.0722. The van der Waals surface area contributed by atoms with Crippen molar-refractivity contribution >= 4 is 23.6 Å². The molecular weight excluding hydrogens is 332 g/mol. The highest BCUT2D eigenvalue weighted by atomic mass is 32.2. The smallest absolute Gasteiger partial charge is 0.255 e. The Hall–Kier alpha value is -2.27. The molecule has 2 amide bonds. The number of thioether (sulfide) groups is 1. The molecule has 130 valence electrons. The van der Waals surface area contributed by atoms with Gasteiger partial charge < -0.3 is 10.2 Å². The number of carbonyl (C=O) groups excluding carboxylic acids is 2. The maximum atomic E-state index is 12.7. The summed E-state index contributed by atoms with van der Waals surface area (Å²) < 4.78 is 0. The normalized spacial score (nSPS) is 18.0. The van der Waals surface area contributed by atoms with Crippen molar-refractivity contribution in [1.82, 2.24) is 10.2 Å². The van der Waals surface area contributed by atoms with Crippen LogP contribution in [0, 0.1) is 0 Å². The lowest BCUT2D eigenvalue weighted by molar-refractivity contribution is -0.124. The largest absolute Gasteiger partial charge is 0.354 e. The fraction of sp³-hybridized carbons (Fsp3) is 0.300. The number of carbonyl (C=O) groups is 2. The van der Waals surface area contributed by atoms with E-state index in [0.29, 0.717) is 23.7 Å². The molecule has 2 aromatic rings. The Kier molecular flexibility index (Phi) is 5.76. The summed E-state index contributed by atoms with van der Waals surface area (Å²) in [4.78, 5) is 26.9. The summed E-state index contributed by atoms with van der Waals surface area (Å²) in [7, 11) is 0. The summed E-state index contributed by atoms with van der Waals surface area (Å²) in [6.45, 7) is 2.66. The molecule has 25 heavy (non-hydrogen) atoms. The lowest BCUT2D eigenvalue weighted by atomic mass is 10.0. The van der Waals surface area contributed by atoms with Crippen molar-refractivity contribution in [3.05, 3.63) is 71.8 Å². The molecule has 1 N–H and O–H groups in total. The second kappa shape index (κ2) is 8.21. The third kappa shape index (κ3) is 4.23. The topological polar surface area (TPSA) is 49.4 Å². The van der Waals surface area contributed by atoms with Crippen LogP contribution in [-0.2, 0) is 4.79 Å². The molecule has 3 rings (SSSR count). The van der Waals surface area contributed by atoms with Crippen molar-refractivity contribution in [2.45, 2.75) is 18.9 Å². The van der Waals surface area contributed by atoms with Gasteiger partial charge in [0, 0.05) is 17.9 Å². The van der Waals surface area contributed by atoms with Crippen LogP contribution >= 0.6 is 11.8 Å². The predicted octanol–water partition coefficient (Wildman–Crippen LogP) is 3.12. The average Bonchev–Trinajstić information content (AvgIpc) is 3.16. The molecule has 5 heteroatoms. The summed E-state index contributed by atoms with van der Waals surface area (Å²) in [5.41, 5.74) is 1.82. The number of rotatable bonds is 5. The number of hydrogen-bond acceptors (Lipinski definition) is 3. The zero-order valence-electron chi connectivity index (χ0n) is 14.2. The molecular formula is C20H22N2O2S. The van der Waals surface area contributed by atoms with Crippen LogP contribution in [0.2, 0.25) is 0 Å². The molecule has 0 spiro atoms. The molecule has 1 aliphatic heterocycles. The molecule has 1 aliphatic rings. The van der Waals surface area contributed by atoms with Gasteiger partial charge in [-0.3, -0.25) is 9.59 Å². The van der Waals surface area contributed by atoms with Crippen LogP contribution in [0.15, 0.2) is 60.7 Å². The first-order valence-electron chi connectivity index (χ1n) is 8.43. The van der Waals surface area contributed by atoms with E-state index in [9.17, 15) is 9.59 Å². The van der Waals surface area contributed by atoms with Gasteiger partial charge in [-0.2, -0.15) is 0 Å². The fourth-order valence-electron chi connectivity index (χ4n) is 2.88. The Labute approximate surface area is 152 Å². The van der Waals surface area contributed by atoms with Crippen molar-refractivity contribution < 1.29 is 9.59 Å². The maximum Gasteiger partial charge on any atom is 0.255 e. The summed E-state index contributed by atoms with van der Waals surface area (Å²) in [6.07, 6.45) is 0. The Morgan fingerprint density at radius 1 is 1.12 bits per heavy atom. The van der Waals surface area contributed by atoms with Crippen molar-refractivity contribution in [3.8, 4) is 0 Å². The molecule has 1 fully saturated rings. The van der Waals surface area contributed by atoms with Gasteiger partial charge >= 0.3 is 0 Å². The van der Waals surface area contributed by atoms with Gasteiger partial charge in [0.15, 0.2) is 0 Å². The minimum atomic E-state index is -0.402. The van der Waals surface area contributed by atoms with Crippen LogP contribution < -0.4 is 5.32 Å². The van der Waals surface area contributed by atoms with Crippen molar-refractivity contribution in [3.63, 3.8) is 0 Å². The highest BCUT2D eigenvalue weighted by Crippen LogP contribution is 2.23.